The number of fused-ring (bicyclic) bond motifs is 1. The topological polar surface area (TPSA) is 132 Å². The first-order valence-electron chi connectivity index (χ1n) is 7.29. The third kappa shape index (κ3) is 2.95. The standard InChI is InChI=1S/C13H16N6O4S/c1-14-24(22,23)9-4-5-10(11(7-9)19(20)21)15-8-13-17-16-12-3-2-6-18(12)13/h4-5,7,14-15H,2-3,6,8H2,1H3. The molecule has 0 unspecified atom stereocenters. The minimum atomic E-state index is -3.75. The van der Waals surface area contributed by atoms with Crippen molar-refractivity contribution in [3.63, 3.8) is 0 Å². The first-order valence-corrected chi connectivity index (χ1v) is 8.77. The highest BCUT2D eigenvalue weighted by Crippen LogP contribution is 2.28. The number of nitrogens with one attached hydrogen (secondary N) is 2. The van der Waals surface area contributed by atoms with Crippen LogP contribution >= 0.6 is 0 Å². The second-order valence-electron chi connectivity index (χ2n) is 5.28. The Morgan fingerprint density at radius 3 is 2.88 bits per heavy atom. The molecular weight excluding hydrogens is 336 g/mol. The van der Waals surface area contributed by atoms with Crippen LogP contribution in [-0.4, -0.2) is 35.2 Å². The molecule has 3 rings (SSSR count). The molecule has 2 aromatic rings. The van der Waals surface area contributed by atoms with E-state index in [1.165, 1.54) is 19.2 Å². The number of nitro groups is 1. The SMILES string of the molecule is CNS(=O)(=O)c1ccc(NCc2nnc3n2CCC3)c([N+](=O)[O-])c1. The Labute approximate surface area is 138 Å². The average Bonchev–Trinajstić information content (AvgIpc) is 3.16. The number of rotatable bonds is 6. The molecule has 0 amide bonds. The van der Waals surface area contributed by atoms with E-state index < -0.39 is 14.9 Å². The summed E-state index contributed by atoms with van der Waals surface area (Å²) in [4.78, 5) is 10.5. The van der Waals surface area contributed by atoms with Gasteiger partial charge in [-0.3, -0.25) is 10.1 Å². The molecule has 1 aromatic carbocycles. The summed E-state index contributed by atoms with van der Waals surface area (Å²) in [6.45, 7) is 1.10. The highest BCUT2D eigenvalue weighted by Gasteiger charge is 2.22. The first-order chi connectivity index (χ1) is 11.4. The number of nitro benzene ring substituents is 1. The Kier molecular flexibility index (Phi) is 4.20. The molecule has 24 heavy (non-hydrogen) atoms. The Morgan fingerprint density at radius 2 is 2.17 bits per heavy atom. The van der Waals surface area contributed by atoms with Crippen molar-refractivity contribution in [1.29, 1.82) is 0 Å². The van der Waals surface area contributed by atoms with Crippen LogP contribution < -0.4 is 10.0 Å². The highest BCUT2D eigenvalue weighted by molar-refractivity contribution is 7.89. The minimum Gasteiger partial charge on any atom is -0.372 e. The lowest BCUT2D eigenvalue weighted by molar-refractivity contribution is -0.384. The van der Waals surface area contributed by atoms with Gasteiger partial charge in [0.15, 0.2) is 5.82 Å². The Hall–Kier alpha value is -2.53. The van der Waals surface area contributed by atoms with Gasteiger partial charge in [0.2, 0.25) is 10.0 Å². The molecule has 0 atom stereocenters. The number of aromatic nitrogens is 3. The van der Waals surface area contributed by atoms with Gasteiger partial charge in [-0.1, -0.05) is 0 Å². The second-order valence-corrected chi connectivity index (χ2v) is 7.17. The van der Waals surface area contributed by atoms with Crippen LogP contribution in [0.3, 0.4) is 0 Å². The Balaban J connectivity index is 1.86. The number of hydrogen-bond donors (Lipinski definition) is 2. The average molecular weight is 352 g/mol. The fraction of sp³-hybridized carbons (Fsp3) is 0.385. The van der Waals surface area contributed by atoms with Crippen LogP contribution in [0.25, 0.3) is 0 Å². The summed E-state index contributed by atoms with van der Waals surface area (Å²) in [5, 5.41) is 22.3. The van der Waals surface area contributed by atoms with Crippen LogP contribution in [-0.2, 0) is 29.5 Å². The van der Waals surface area contributed by atoms with Gasteiger partial charge in [0, 0.05) is 19.0 Å². The molecule has 1 aliphatic heterocycles. The number of aryl methyl sites for hydroxylation is 1. The van der Waals surface area contributed by atoms with Crippen molar-refractivity contribution in [3.8, 4) is 0 Å². The van der Waals surface area contributed by atoms with E-state index in [0.29, 0.717) is 5.82 Å². The molecular formula is C13H16N6O4S. The summed E-state index contributed by atoms with van der Waals surface area (Å²) in [6, 6.07) is 3.72. The molecule has 2 heterocycles. The van der Waals surface area contributed by atoms with Crippen LogP contribution in [0.5, 0.6) is 0 Å². The zero-order valence-electron chi connectivity index (χ0n) is 12.9. The molecule has 0 fully saturated rings. The maximum atomic E-state index is 11.8. The van der Waals surface area contributed by atoms with Gasteiger partial charge in [0.25, 0.3) is 5.69 Å². The maximum absolute atomic E-state index is 11.8. The number of benzene rings is 1. The number of nitrogens with zero attached hydrogens (tertiary/aromatic N) is 4. The molecule has 0 aliphatic carbocycles. The van der Waals surface area contributed by atoms with Crippen LogP contribution in [0.4, 0.5) is 11.4 Å². The molecule has 0 radical (unpaired) electrons. The van der Waals surface area contributed by atoms with Crippen molar-refractivity contribution >= 4 is 21.4 Å². The van der Waals surface area contributed by atoms with Gasteiger partial charge in [-0.15, -0.1) is 10.2 Å². The van der Waals surface area contributed by atoms with Crippen molar-refractivity contribution in [2.45, 2.75) is 30.8 Å². The van der Waals surface area contributed by atoms with E-state index in [1.807, 2.05) is 4.57 Å². The summed E-state index contributed by atoms with van der Waals surface area (Å²) < 4.78 is 27.7. The predicted molar refractivity (Wildman–Crippen MR) is 85.0 cm³/mol. The molecule has 0 bridgehead atoms. The number of sulfonamides is 1. The maximum Gasteiger partial charge on any atom is 0.293 e. The molecule has 128 valence electrons. The van der Waals surface area contributed by atoms with Gasteiger partial charge in [-0.25, -0.2) is 13.1 Å². The Morgan fingerprint density at radius 1 is 1.38 bits per heavy atom. The first kappa shape index (κ1) is 16.3. The summed E-state index contributed by atoms with van der Waals surface area (Å²) in [6.07, 6.45) is 1.89. The highest BCUT2D eigenvalue weighted by atomic mass is 32.2. The van der Waals surface area contributed by atoms with Gasteiger partial charge in [-0.05, 0) is 25.6 Å². The molecule has 10 nitrogen and oxygen atoms in total. The lowest BCUT2D eigenvalue weighted by atomic mass is 10.2. The Bertz CT molecular complexity index is 892. The molecule has 0 spiro atoms. The fourth-order valence-corrected chi connectivity index (χ4v) is 3.36. The summed E-state index contributed by atoms with van der Waals surface area (Å²) in [5.74, 6) is 1.61. The normalized spacial score (nSPS) is 13.7. The zero-order chi connectivity index (χ0) is 17.3. The van der Waals surface area contributed by atoms with Crippen LogP contribution in [0.2, 0.25) is 0 Å². The third-order valence-electron chi connectivity index (χ3n) is 3.87. The lowest BCUT2D eigenvalue weighted by Crippen LogP contribution is -2.18. The van der Waals surface area contributed by atoms with E-state index >= 15 is 0 Å². The molecule has 1 aromatic heterocycles. The van der Waals surface area contributed by atoms with Crippen molar-refractivity contribution in [1.82, 2.24) is 19.5 Å². The molecule has 2 N–H and O–H groups in total. The van der Waals surface area contributed by atoms with Crippen LogP contribution in [0.15, 0.2) is 23.1 Å². The monoisotopic (exact) mass is 352 g/mol. The van der Waals surface area contributed by atoms with E-state index in [0.717, 1.165) is 31.3 Å². The second kappa shape index (κ2) is 6.17. The van der Waals surface area contributed by atoms with Crippen molar-refractivity contribution in [2.75, 3.05) is 12.4 Å². The van der Waals surface area contributed by atoms with E-state index in [2.05, 4.69) is 20.2 Å². The molecule has 11 heteroatoms. The fourth-order valence-electron chi connectivity index (χ4n) is 2.61. The number of hydrogen-bond acceptors (Lipinski definition) is 7. The predicted octanol–water partition coefficient (Wildman–Crippen LogP) is 0.653. The summed E-state index contributed by atoms with van der Waals surface area (Å²) in [5.41, 5.74) is -0.0853. The van der Waals surface area contributed by atoms with E-state index in [1.54, 1.807) is 0 Å². The largest absolute Gasteiger partial charge is 0.372 e. The van der Waals surface area contributed by atoms with E-state index in [-0.39, 0.29) is 22.8 Å². The third-order valence-corrected chi connectivity index (χ3v) is 5.28. The summed E-state index contributed by atoms with van der Waals surface area (Å²) in [7, 11) is -2.50. The van der Waals surface area contributed by atoms with E-state index in [4.69, 9.17) is 0 Å². The van der Waals surface area contributed by atoms with Crippen molar-refractivity contribution in [3.05, 3.63) is 40.0 Å². The van der Waals surface area contributed by atoms with Gasteiger partial charge < -0.3 is 9.88 Å². The lowest BCUT2D eigenvalue weighted by Gasteiger charge is -2.09. The van der Waals surface area contributed by atoms with Gasteiger partial charge in [-0.2, -0.15) is 0 Å². The molecule has 0 saturated heterocycles. The van der Waals surface area contributed by atoms with Crippen molar-refractivity contribution < 1.29 is 13.3 Å². The summed E-state index contributed by atoms with van der Waals surface area (Å²) >= 11 is 0. The quantitative estimate of drug-likeness (QED) is 0.576. The minimum absolute atomic E-state index is 0.161. The zero-order valence-corrected chi connectivity index (χ0v) is 13.7. The molecule has 0 saturated carbocycles. The van der Waals surface area contributed by atoms with Gasteiger partial charge >= 0.3 is 0 Å². The van der Waals surface area contributed by atoms with E-state index in [9.17, 15) is 18.5 Å². The smallest absolute Gasteiger partial charge is 0.293 e. The van der Waals surface area contributed by atoms with Crippen LogP contribution in [0.1, 0.15) is 18.1 Å². The van der Waals surface area contributed by atoms with Crippen molar-refractivity contribution in [2.24, 2.45) is 0 Å². The van der Waals surface area contributed by atoms with Crippen LogP contribution in [0, 0.1) is 10.1 Å². The van der Waals surface area contributed by atoms with Gasteiger partial charge in [0.05, 0.1) is 16.4 Å². The van der Waals surface area contributed by atoms with Gasteiger partial charge in [0.1, 0.15) is 11.5 Å². The number of anilines is 1. The molecule has 1 aliphatic rings.